The fraction of sp³-hybridized carbons (Fsp3) is 0.615. The van der Waals surface area contributed by atoms with Crippen molar-refractivity contribution in [2.45, 2.75) is 38.3 Å². The number of carbonyl (C=O) groups excluding carboxylic acids is 1. The highest BCUT2D eigenvalue weighted by Crippen LogP contribution is 2.27. The lowest BCUT2D eigenvalue weighted by molar-refractivity contribution is 0.189. The lowest BCUT2D eigenvalue weighted by Crippen LogP contribution is -2.41. The molecular weight excluding hydrogens is 232 g/mol. The van der Waals surface area contributed by atoms with Gasteiger partial charge in [0.1, 0.15) is 5.76 Å². The third-order valence-electron chi connectivity index (χ3n) is 3.05. The monoisotopic (exact) mass is 252 g/mol. The SMILES string of the molecule is O=C(NCc1ccco1)N(CCCCO)C1CC1. The molecule has 2 rings (SSSR count). The van der Waals surface area contributed by atoms with E-state index in [1.807, 2.05) is 11.0 Å². The van der Waals surface area contributed by atoms with Crippen molar-refractivity contribution in [3.05, 3.63) is 24.2 Å². The summed E-state index contributed by atoms with van der Waals surface area (Å²) in [6.45, 7) is 1.33. The highest BCUT2D eigenvalue weighted by atomic mass is 16.3. The van der Waals surface area contributed by atoms with Gasteiger partial charge in [-0.3, -0.25) is 0 Å². The molecule has 1 heterocycles. The van der Waals surface area contributed by atoms with Gasteiger partial charge in [-0.1, -0.05) is 0 Å². The molecule has 1 aliphatic carbocycles. The van der Waals surface area contributed by atoms with Gasteiger partial charge in [0, 0.05) is 19.2 Å². The highest BCUT2D eigenvalue weighted by Gasteiger charge is 2.31. The zero-order valence-corrected chi connectivity index (χ0v) is 10.5. The molecule has 0 atom stereocenters. The third-order valence-corrected chi connectivity index (χ3v) is 3.05. The minimum Gasteiger partial charge on any atom is -0.467 e. The number of unbranched alkanes of at least 4 members (excludes halogenated alkanes) is 1. The van der Waals surface area contributed by atoms with E-state index in [0.717, 1.165) is 38.0 Å². The second-order valence-electron chi connectivity index (χ2n) is 4.59. The lowest BCUT2D eigenvalue weighted by Gasteiger charge is -2.22. The summed E-state index contributed by atoms with van der Waals surface area (Å²) in [7, 11) is 0. The van der Waals surface area contributed by atoms with Gasteiger partial charge in [-0.2, -0.15) is 0 Å². The first-order valence-electron chi connectivity index (χ1n) is 6.49. The van der Waals surface area contributed by atoms with Gasteiger partial charge in [0.05, 0.1) is 12.8 Å². The number of nitrogens with zero attached hydrogens (tertiary/aromatic N) is 1. The largest absolute Gasteiger partial charge is 0.467 e. The smallest absolute Gasteiger partial charge is 0.318 e. The van der Waals surface area contributed by atoms with E-state index in [4.69, 9.17) is 9.52 Å². The van der Waals surface area contributed by atoms with Crippen LogP contribution in [0.5, 0.6) is 0 Å². The summed E-state index contributed by atoms with van der Waals surface area (Å²) in [5, 5.41) is 11.6. The van der Waals surface area contributed by atoms with E-state index in [0.29, 0.717) is 12.6 Å². The summed E-state index contributed by atoms with van der Waals surface area (Å²) in [6.07, 6.45) is 5.37. The summed E-state index contributed by atoms with van der Waals surface area (Å²) in [6, 6.07) is 4.00. The van der Waals surface area contributed by atoms with Crippen LogP contribution in [0, 0.1) is 0 Å². The Balaban J connectivity index is 1.76. The molecule has 0 aromatic carbocycles. The molecule has 100 valence electrons. The average molecular weight is 252 g/mol. The predicted octanol–water partition coefficient (Wildman–Crippen LogP) is 1.73. The van der Waals surface area contributed by atoms with Gasteiger partial charge in [0.15, 0.2) is 0 Å². The lowest BCUT2D eigenvalue weighted by atomic mass is 10.3. The van der Waals surface area contributed by atoms with Crippen LogP contribution in [0.25, 0.3) is 0 Å². The fourth-order valence-electron chi connectivity index (χ4n) is 1.91. The fourth-order valence-corrected chi connectivity index (χ4v) is 1.91. The molecule has 1 fully saturated rings. The number of carbonyl (C=O) groups is 1. The van der Waals surface area contributed by atoms with E-state index < -0.39 is 0 Å². The molecule has 0 unspecified atom stereocenters. The average Bonchev–Trinajstić information content (AvgIpc) is 3.07. The maximum Gasteiger partial charge on any atom is 0.318 e. The number of urea groups is 1. The molecule has 1 aromatic heterocycles. The van der Waals surface area contributed by atoms with Crippen molar-refractivity contribution in [1.29, 1.82) is 0 Å². The van der Waals surface area contributed by atoms with E-state index in [1.165, 1.54) is 0 Å². The molecule has 1 aliphatic rings. The van der Waals surface area contributed by atoms with Gasteiger partial charge < -0.3 is 19.7 Å². The van der Waals surface area contributed by atoms with Crippen LogP contribution in [-0.4, -0.2) is 35.2 Å². The van der Waals surface area contributed by atoms with Crippen LogP contribution in [0.2, 0.25) is 0 Å². The number of hydrogen-bond donors (Lipinski definition) is 2. The van der Waals surface area contributed by atoms with Gasteiger partial charge in [-0.25, -0.2) is 4.79 Å². The molecule has 0 bridgehead atoms. The van der Waals surface area contributed by atoms with Gasteiger partial charge in [0.25, 0.3) is 0 Å². The zero-order valence-electron chi connectivity index (χ0n) is 10.5. The van der Waals surface area contributed by atoms with Crippen molar-refractivity contribution in [1.82, 2.24) is 10.2 Å². The molecule has 5 heteroatoms. The molecule has 1 aromatic rings. The van der Waals surface area contributed by atoms with E-state index in [2.05, 4.69) is 5.32 Å². The Hall–Kier alpha value is -1.49. The number of hydrogen-bond acceptors (Lipinski definition) is 3. The number of aliphatic hydroxyl groups is 1. The number of nitrogens with one attached hydrogen (secondary N) is 1. The van der Waals surface area contributed by atoms with Crippen LogP contribution in [0.1, 0.15) is 31.4 Å². The van der Waals surface area contributed by atoms with Gasteiger partial charge in [-0.05, 0) is 37.8 Å². The molecule has 1 saturated carbocycles. The van der Waals surface area contributed by atoms with E-state index in [-0.39, 0.29) is 12.6 Å². The van der Waals surface area contributed by atoms with Crippen LogP contribution < -0.4 is 5.32 Å². The second-order valence-corrected chi connectivity index (χ2v) is 4.59. The molecule has 2 amide bonds. The first-order valence-corrected chi connectivity index (χ1v) is 6.49. The Morgan fingerprint density at radius 1 is 1.50 bits per heavy atom. The Bertz CT molecular complexity index is 360. The van der Waals surface area contributed by atoms with E-state index >= 15 is 0 Å². The number of aliphatic hydroxyl groups excluding tert-OH is 1. The molecule has 0 spiro atoms. The minimum atomic E-state index is -0.0353. The van der Waals surface area contributed by atoms with Crippen LogP contribution in [0.3, 0.4) is 0 Å². The molecule has 2 N–H and O–H groups in total. The Morgan fingerprint density at radius 2 is 2.33 bits per heavy atom. The van der Waals surface area contributed by atoms with Crippen molar-refractivity contribution in [3.63, 3.8) is 0 Å². The van der Waals surface area contributed by atoms with Crippen LogP contribution in [0.15, 0.2) is 22.8 Å². The van der Waals surface area contributed by atoms with Crippen molar-refractivity contribution >= 4 is 6.03 Å². The summed E-state index contributed by atoms with van der Waals surface area (Å²) >= 11 is 0. The summed E-state index contributed by atoms with van der Waals surface area (Å²) in [5.41, 5.74) is 0. The predicted molar refractivity (Wildman–Crippen MR) is 67.0 cm³/mol. The van der Waals surface area contributed by atoms with Crippen LogP contribution >= 0.6 is 0 Å². The molecule has 0 saturated heterocycles. The highest BCUT2D eigenvalue weighted by molar-refractivity contribution is 5.74. The maximum absolute atomic E-state index is 12.0. The van der Waals surface area contributed by atoms with Crippen molar-refractivity contribution in [2.24, 2.45) is 0 Å². The quantitative estimate of drug-likeness (QED) is 0.726. The summed E-state index contributed by atoms with van der Waals surface area (Å²) < 4.78 is 5.17. The summed E-state index contributed by atoms with van der Waals surface area (Å²) in [5.74, 6) is 0.759. The van der Waals surface area contributed by atoms with Crippen molar-refractivity contribution < 1.29 is 14.3 Å². The molecule has 18 heavy (non-hydrogen) atoms. The second kappa shape index (κ2) is 6.44. The standard InChI is InChI=1S/C13H20N2O3/c16-8-2-1-7-15(11-5-6-11)13(17)14-10-12-4-3-9-18-12/h3-4,9,11,16H,1-2,5-8,10H2,(H,14,17). The van der Waals surface area contributed by atoms with Gasteiger partial charge in [0.2, 0.25) is 0 Å². The van der Waals surface area contributed by atoms with Crippen LogP contribution in [0.4, 0.5) is 4.79 Å². The Labute approximate surface area is 107 Å². The first-order chi connectivity index (χ1) is 8.81. The van der Waals surface area contributed by atoms with E-state index in [9.17, 15) is 4.79 Å². The maximum atomic E-state index is 12.0. The topological polar surface area (TPSA) is 65.7 Å². The number of amides is 2. The number of rotatable bonds is 7. The molecule has 5 nitrogen and oxygen atoms in total. The van der Waals surface area contributed by atoms with Crippen LogP contribution in [-0.2, 0) is 6.54 Å². The van der Waals surface area contributed by atoms with Gasteiger partial charge >= 0.3 is 6.03 Å². The van der Waals surface area contributed by atoms with Crippen molar-refractivity contribution in [3.8, 4) is 0 Å². The summed E-state index contributed by atoms with van der Waals surface area (Å²) in [4.78, 5) is 13.9. The van der Waals surface area contributed by atoms with E-state index in [1.54, 1.807) is 12.3 Å². The normalized spacial score (nSPS) is 14.5. The number of furan rings is 1. The third kappa shape index (κ3) is 3.77. The first kappa shape index (κ1) is 13.0. The van der Waals surface area contributed by atoms with Gasteiger partial charge in [-0.15, -0.1) is 0 Å². The minimum absolute atomic E-state index is 0.0353. The Kier molecular flexibility index (Phi) is 4.64. The molecular formula is C13H20N2O3. The zero-order chi connectivity index (χ0) is 12.8. The molecule has 0 radical (unpaired) electrons. The van der Waals surface area contributed by atoms with Crippen molar-refractivity contribution in [2.75, 3.05) is 13.2 Å². The molecule has 0 aliphatic heterocycles. The Morgan fingerprint density at radius 3 is 2.94 bits per heavy atom.